The molecule has 2 amide bonds. The lowest BCUT2D eigenvalue weighted by Gasteiger charge is -2.15. The lowest BCUT2D eigenvalue weighted by atomic mass is 9.95. The molecule has 1 aliphatic carbocycles. The Balaban J connectivity index is 1.91. The molecular weight excluding hydrogens is 336 g/mol. The topological polar surface area (TPSA) is 97.1 Å². The molecule has 1 atom stereocenters. The lowest BCUT2D eigenvalue weighted by molar-refractivity contribution is 0.0941. The lowest BCUT2D eigenvalue weighted by Crippen LogP contribution is -2.38. The Hall–Kier alpha value is -2.25. The molecule has 0 saturated heterocycles. The van der Waals surface area contributed by atoms with Gasteiger partial charge in [0.15, 0.2) is 0 Å². The van der Waals surface area contributed by atoms with Gasteiger partial charge in [-0.2, -0.15) is 0 Å². The molecule has 2 aromatic rings. The normalized spacial score (nSPS) is 14.5. The zero-order chi connectivity index (χ0) is 17.8. The van der Waals surface area contributed by atoms with Crippen molar-refractivity contribution < 1.29 is 9.59 Å². The van der Waals surface area contributed by atoms with Crippen molar-refractivity contribution in [2.75, 3.05) is 11.9 Å². The van der Waals surface area contributed by atoms with Crippen molar-refractivity contribution in [2.45, 2.75) is 38.6 Å². The molecule has 3 rings (SSSR count). The summed E-state index contributed by atoms with van der Waals surface area (Å²) < 4.78 is 0. The van der Waals surface area contributed by atoms with Gasteiger partial charge in [0.2, 0.25) is 0 Å². The molecule has 7 heteroatoms. The summed E-state index contributed by atoms with van der Waals surface area (Å²) in [6.45, 7) is 2.24. The van der Waals surface area contributed by atoms with Gasteiger partial charge in [-0.05, 0) is 50.3 Å². The van der Waals surface area contributed by atoms with E-state index in [0.29, 0.717) is 22.7 Å². The number of carbonyl (C=O) groups is 2. The molecule has 0 saturated carbocycles. The molecule has 1 aliphatic rings. The molecular formula is C18H22N4O2S. The van der Waals surface area contributed by atoms with Crippen LogP contribution in [0, 0.1) is 0 Å². The first kappa shape index (κ1) is 17.6. The van der Waals surface area contributed by atoms with Crippen molar-refractivity contribution in [1.82, 2.24) is 10.3 Å². The van der Waals surface area contributed by atoms with Gasteiger partial charge in [-0.25, -0.2) is 0 Å². The van der Waals surface area contributed by atoms with Crippen LogP contribution in [-0.4, -0.2) is 29.4 Å². The number of anilines is 1. The minimum absolute atomic E-state index is 0.117. The minimum atomic E-state index is -0.257. The number of nitrogens with zero attached hydrogens (tertiary/aromatic N) is 1. The Labute approximate surface area is 150 Å². The monoisotopic (exact) mass is 358 g/mol. The molecule has 2 aromatic heterocycles. The molecule has 4 N–H and O–H groups in total. The van der Waals surface area contributed by atoms with Gasteiger partial charge in [-0.15, -0.1) is 11.3 Å². The maximum Gasteiger partial charge on any atom is 0.257 e. The third kappa shape index (κ3) is 3.88. The van der Waals surface area contributed by atoms with Crippen molar-refractivity contribution in [2.24, 2.45) is 5.73 Å². The molecule has 0 aliphatic heterocycles. The summed E-state index contributed by atoms with van der Waals surface area (Å²) in [6.07, 6.45) is 7.13. The van der Waals surface area contributed by atoms with Crippen LogP contribution in [0.2, 0.25) is 0 Å². The van der Waals surface area contributed by atoms with E-state index in [1.54, 1.807) is 18.3 Å². The molecule has 0 spiro atoms. The summed E-state index contributed by atoms with van der Waals surface area (Å²) in [6, 6.07) is 3.30. The standard InChI is InChI=1S/C18H22N4O2S/c1-11(9-19)21-17(24)15-13-6-2-3-7-14(13)25-18(15)22-16(23)12-5-4-8-20-10-12/h4-5,8,10-11H,2-3,6-7,9,19H2,1H3,(H,21,24)(H,22,23)/t11-/m0/s1. The van der Waals surface area contributed by atoms with Gasteiger partial charge in [0.05, 0.1) is 11.1 Å². The molecule has 132 valence electrons. The number of amides is 2. The van der Waals surface area contributed by atoms with Gasteiger partial charge < -0.3 is 16.4 Å². The first-order valence-corrected chi connectivity index (χ1v) is 9.28. The first-order chi connectivity index (χ1) is 12.1. The number of aryl methyl sites for hydroxylation is 1. The molecule has 0 aromatic carbocycles. The number of hydrogen-bond donors (Lipinski definition) is 3. The summed E-state index contributed by atoms with van der Waals surface area (Å²) in [4.78, 5) is 30.4. The summed E-state index contributed by atoms with van der Waals surface area (Å²) in [5, 5.41) is 6.43. The molecule has 0 fully saturated rings. The van der Waals surface area contributed by atoms with Gasteiger partial charge in [0.1, 0.15) is 5.00 Å². The number of fused-ring (bicyclic) bond motifs is 1. The van der Waals surface area contributed by atoms with Crippen LogP contribution in [0.3, 0.4) is 0 Å². The van der Waals surface area contributed by atoms with E-state index >= 15 is 0 Å². The molecule has 6 nitrogen and oxygen atoms in total. The summed E-state index contributed by atoms with van der Waals surface area (Å²) in [5.74, 6) is -0.425. The number of aromatic nitrogens is 1. The van der Waals surface area contributed by atoms with E-state index in [1.807, 2.05) is 6.92 Å². The Morgan fingerprint density at radius 1 is 1.32 bits per heavy atom. The number of carbonyl (C=O) groups excluding carboxylic acids is 2. The second-order valence-electron chi connectivity index (χ2n) is 6.22. The highest BCUT2D eigenvalue weighted by molar-refractivity contribution is 7.17. The van der Waals surface area contributed by atoms with Crippen molar-refractivity contribution in [3.63, 3.8) is 0 Å². The molecule has 25 heavy (non-hydrogen) atoms. The minimum Gasteiger partial charge on any atom is -0.348 e. The first-order valence-electron chi connectivity index (χ1n) is 8.47. The van der Waals surface area contributed by atoms with Crippen molar-refractivity contribution in [3.05, 3.63) is 46.1 Å². The van der Waals surface area contributed by atoms with Gasteiger partial charge in [0.25, 0.3) is 11.8 Å². The molecule has 0 unspecified atom stereocenters. The predicted octanol–water partition coefficient (Wildman–Crippen LogP) is 2.35. The van der Waals surface area contributed by atoms with E-state index in [-0.39, 0.29) is 17.9 Å². The van der Waals surface area contributed by atoms with Crippen LogP contribution in [0.5, 0.6) is 0 Å². The van der Waals surface area contributed by atoms with Gasteiger partial charge >= 0.3 is 0 Å². The van der Waals surface area contributed by atoms with Crippen molar-refractivity contribution in [3.8, 4) is 0 Å². The fourth-order valence-corrected chi connectivity index (χ4v) is 4.20. The summed E-state index contributed by atoms with van der Waals surface area (Å²) in [7, 11) is 0. The second-order valence-corrected chi connectivity index (χ2v) is 7.33. The maximum atomic E-state index is 12.8. The average Bonchev–Trinajstić information content (AvgIpc) is 3.00. The highest BCUT2D eigenvalue weighted by Crippen LogP contribution is 2.38. The van der Waals surface area contributed by atoms with Gasteiger partial charge in [0, 0.05) is 29.9 Å². The third-order valence-electron chi connectivity index (χ3n) is 4.28. The second kappa shape index (κ2) is 7.76. The number of nitrogens with two attached hydrogens (primary N) is 1. The number of thiophene rings is 1. The van der Waals surface area contributed by atoms with Crippen molar-refractivity contribution in [1.29, 1.82) is 0 Å². The van der Waals surface area contributed by atoms with Crippen LogP contribution in [0.1, 0.15) is 50.9 Å². The quantitative estimate of drug-likeness (QED) is 0.764. The highest BCUT2D eigenvalue weighted by Gasteiger charge is 2.27. The Bertz CT molecular complexity index is 773. The maximum absolute atomic E-state index is 12.8. The zero-order valence-electron chi connectivity index (χ0n) is 14.2. The number of pyridine rings is 1. The fraction of sp³-hybridized carbons (Fsp3) is 0.389. The zero-order valence-corrected chi connectivity index (χ0v) is 15.0. The van der Waals surface area contributed by atoms with Crippen molar-refractivity contribution >= 4 is 28.2 Å². The van der Waals surface area contributed by atoms with E-state index in [4.69, 9.17) is 5.73 Å². The molecule has 0 bridgehead atoms. The van der Waals surface area contributed by atoms with Gasteiger partial charge in [-0.3, -0.25) is 14.6 Å². The molecule has 2 heterocycles. The Kier molecular flexibility index (Phi) is 5.45. The summed E-state index contributed by atoms with van der Waals surface area (Å²) >= 11 is 1.50. The van der Waals surface area contributed by atoms with E-state index in [1.165, 1.54) is 22.4 Å². The Morgan fingerprint density at radius 3 is 2.84 bits per heavy atom. The van der Waals surface area contributed by atoms with Crippen LogP contribution in [0.15, 0.2) is 24.5 Å². The highest BCUT2D eigenvalue weighted by atomic mass is 32.1. The van der Waals surface area contributed by atoms with Crippen LogP contribution >= 0.6 is 11.3 Å². The van der Waals surface area contributed by atoms with Crippen LogP contribution in [-0.2, 0) is 12.8 Å². The van der Waals surface area contributed by atoms with Crippen LogP contribution in [0.4, 0.5) is 5.00 Å². The van der Waals surface area contributed by atoms with E-state index in [9.17, 15) is 9.59 Å². The number of nitrogens with one attached hydrogen (secondary N) is 2. The fourth-order valence-electron chi connectivity index (χ4n) is 2.92. The number of hydrogen-bond acceptors (Lipinski definition) is 5. The van der Waals surface area contributed by atoms with Crippen LogP contribution in [0.25, 0.3) is 0 Å². The van der Waals surface area contributed by atoms with Gasteiger partial charge in [-0.1, -0.05) is 0 Å². The SMILES string of the molecule is C[C@@H](CN)NC(=O)c1c(NC(=O)c2cccnc2)sc2c1CCCC2. The molecule has 0 radical (unpaired) electrons. The smallest absolute Gasteiger partial charge is 0.257 e. The van der Waals surface area contributed by atoms with E-state index < -0.39 is 0 Å². The van der Waals surface area contributed by atoms with Crippen LogP contribution < -0.4 is 16.4 Å². The van der Waals surface area contributed by atoms with E-state index in [2.05, 4.69) is 15.6 Å². The average molecular weight is 358 g/mol. The summed E-state index contributed by atoms with van der Waals surface area (Å²) in [5.41, 5.74) is 7.75. The van der Waals surface area contributed by atoms with E-state index in [0.717, 1.165) is 31.2 Å². The third-order valence-corrected chi connectivity index (χ3v) is 5.49. The number of rotatable bonds is 5. The Morgan fingerprint density at radius 2 is 2.12 bits per heavy atom. The predicted molar refractivity (Wildman–Crippen MR) is 99.1 cm³/mol. The largest absolute Gasteiger partial charge is 0.348 e.